The molecule has 0 atom stereocenters. The number of amides is 1. The number of carbonyl (C=O) groups is 2. The van der Waals surface area contributed by atoms with E-state index in [2.05, 4.69) is 20.9 Å². The Morgan fingerprint density at radius 2 is 1.94 bits per heavy atom. The fourth-order valence-electron chi connectivity index (χ4n) is 3.04. The van der Waals surface area contributed by atoms with E-state index in [1.54, 1.807) is 49.4 Å². The van der Waals surface area contributed by atoms with Crippen molar-refractivity contribution in [3.8, 4) is 5.75 Å². The third kappa shape index (κ3) is 7.13. The van der Waals surface area contributed by atoms with Crippen LogP contribution < -0.4 is 4.74 Å². The first-order valence-electron chi connectivity index (χ1n) is 10.7. The van der Waals surface area contributed by atoms with Gasteiger partial charge in [-0.2, -0.15) is 0 Å². The Balaban J connectivity index is 1.84. The summed E-state index contributed by atoms with van der Waals surface area (Å²) < 4.78 is 11.6. The Kier molecular flexibility index (Phi) is 9.86. The van der Waals surface area contributed by atoms with E-state index in [9.17, 15) is 14.7 Å². The minimum Gasteiger partial charge on any atom is -0.506 e. The van der Waals surface area contributed by atoms with Crippen molar-refractivity contribution in [3.63, 3.8) is 0 Å². The van der Waals surface area contributed by atoms with Crippen molar-refractivity contribution in [1.82, 2.24) is 0 Å². The van der Waals surface area contributed by atoms with Gasteiger partial charge in [-0.25, -0.2) is 9.79 Å². The number of aliphatic hydroxyl groups excluding tert-OH is 1. The monoisotopic (exact) mass is 597 g/mol. The molecule has 0 fully saturated rings. The smallest absolute Gasteiger partial charge is 0.344 e. The van der Waals surface area contributed by atoms with Gasteiger partial charge in [0.1, 0.15) is 28.7 Å². The third-order valence-electron chi connectivity index (χ3n) is 4.71. The van der Waals surface area contributed by atoms with Crippen LogP contribution in [0.15, 0.2) is 62.1 Å². The first-order chi connectivity index (χ1) is 16.7. The third-order valence-corrected chi connectivity index (χ3v) is 6.94. The highest BCUT2D eigenvalue weighted by Gasteiger charge is 2.33. The van der Waals surface area contributed by atoms with Crippen LogP contribution in [0.2, 0.25) is 10.0 Å². The fraction of sp³-hybridized carbons (Fsp3) is 0.240. The van der Waals surface area contributed by atoms with Gasteiger partial charge in [0.05, 0.1) is 16.0 Å². The van der Waals surface area contributed by atoms with Gasteiger partial charge in [0.15, 0.2) is 0 Å². The first-order valence-corrected chi connectivity index (χ1v) is 13.1. The largest absolute Gasteiger partial charge is 0.506 e. The molecule has 3 rings (SSSR count). The molecule has 1 heterocycles. The SMILES string of the molecule is CCCC(=O)N=C1S/C(=C\c2ccc(OCc3ccc(Cl)cc3Cl)c(Br)c2)C(O)=C1C(=O)OCC. The van der Waals surface area contributed by atoms with Gasteiger partial charge in [0, 0.05) is 22.0 Å². The van der Waals surface area contributed by atoms with Crippen molar-refractivity contribution in [2.24, 2.45) is 4.99 Å². The number of rotatable bonds is 8. The highest BCUT2D eigenvalue weighted by molar-refractivity contribution is 9.10. The number of halogens is 3. The van der Waals surface area contributed by atoms with E-state index in [1.807, 2.05) is 6.92 Å². The molecule has 2 aromatic rings. The quantitative estimate of drug-likeness (QED) is 0.316. The van der Waals surface area contributed by atoms with Gasteiger partial charge < -0.3 is 14.6 Å². The standard InChI is InChI=1S/C25H22BrCl2NO5S/c1-3-5-21(30)29-24-22(25(32)33-4-2)23(31)20(35-24)11-14-6-9-19(17(26)10-14)34-13-15-7-8-16(27)12-18(15)28/h6-12,31H,3-5,13H2,1-2H3/b20-11-,29-24?. The Morgan fingerprint density at radius 1 is 1.17 bits per heavy atom. The molecule has 1 amide bonds. The molecule has 2 aromatic carbocycles. The number of aliphatic imine (C=N–C) groups is 1. The van der Waals surface area contributed by atoms with Crippen molar-refractivity contribution in [1.29, 1.82) is 0 Å². The van der Waals surface area contributed by atoms with E-state index < -0.39 is 5.97 Å². The molecule has 0 saturated carbocycles. The molecule has 0 spiro atoms. The lowest BCUT2D eigenvalue weighted by atomic mass is 10.1. The Morgan fingerprint density at radius 3 is 2.60 bits per heavy atom. The zero-order valence-corrected chi connectivity index (χ0v) is 22.9. The van der Waals surface area contributed by atoms with E-state index in [-0.39, 0.29) is 41.9 Å². The minimum atomic E-state index is -0.727. The highest BCUT2D eigenvalue weighted by Crippen LogP contribution is 2.40. The maximum atomic E-state index is 12.4. The number of esters is 1. The minimum absolute atomic E-state index is 0.105. The lowest BCUT2D eigenvalue weighted by Crippen LogP contribution is -2.14. The molecule has 0 unspecified atom stereocenters. The van der Waals surface area contributed by atoms with Crippen LogP contribution in [0.1, 0.15) is 37.8 Å². The lowest BCUT2D eigenvalue weighted by molar-refractivity contribution is -0.138. The van der Waals surface area contributed by atoms with Crippen LogP contribution in [0.4, 0.5) is 0 Å². The summed E-state index contributed by atoms with van der Waals surface area (Å²) >= 11 is 16.7. The Hall–Kier alpha value is -2.26. The molecule has 0 aliphatic carbocycles. The highest BCUT2D eigenvalue weighted by atomic mass is 79.9. The summed E-state index contributed by atoms with van der Waals surface area (Å²) in [7, 11) is 0. The van der Waals surface area contributed by atoms with Crippen LogP contribution in [-0.4, -0.2) is 28.6 Å². The van der Waals surface area contributed by atoms with E-state index in [1.165, 1.54) is 0 Å². The molecule has 1 aliphatic rings. The molecule has 1 aliphatic heterocycles. The number of benzene rings is 2. The van der Waals surface area contributed by atoms with Gasteiger partial charge >= 0.3 is 5.97 Å². The second-order valence-electron chi connectivity index (χ2n) is 7.33. The number of hydrogen-bond donors (Lipinski definition) is 1. The van der Waals surface area contributed by atoms with Crippen LogP contribution in [-0.2, 0) is 20.9 Å². The second kappa shape index (κ2) is 12.6. The van der Waals surface area contributed by atoms with Crippen LogP contribution in [0.5, 0.6) is 5.75 Å². The molecule has 10 heteroatoms. The van der Waals surface area contributed by atoms with Gasteiger partial charge in [-0.1, -0.05) is 54.0 Å². The van der Waals surface area contributed by atoms with Gasteiger partial charge in [0.2, 0.25) is 5.91 Å². The van der Waals surface area contributed by atoms with Gasteiger partial charge in [-0.15, -0.1) is 0 Å². The Labute approximate surface area is 226 Å². The van der Waals surface area contributed by atoms with Crippen LogP contribution in [0.3, 0.4) is 0 Å². The van der Waals surface area contributed by atoms with Crippen LogP contribution >= 0.6 is 50.9 Å². The zero-order chi connectivity index (χ0) is 25.5. The topological polar surface area (TPSA) is 85.2 Å². The molecule has 6 nitrogen and oxygen atoms in total. The van der Waals surface area contributed by atoms with Crippen LogP contribution in [0.25, 0.3) is 6.08 Å². The molecule has 0 aromatic heterocycles. The van der Waals surface area contributed by atoms with E-state index in [4.69, 9.17) is 32.7 Å². The number of nitrogens with zero attached hydrogens (tertiary/aromatic N) is 1. The van der Waals surface area contributed by atoms with Crippen molar-refractivity contribution in [2.45, 2.75) is 33.3 Å². The average Bonchev–Trinajstić information content (AvgIpc) is 3.09. The molecule has 0 bridgehead atoms. The number of ether oxygens (including phenoxy) is 2. The van der Waals surface area contributed by atoms with Crippen molar-refractivity contribution in [3.05, 3.63) is 78.3 Å². The predicted molar refractivity (Wildman–Crippen MR) is 144 cm³/mol. The van der Waals surface area contributed by atoms with Crippen molar-refractivity contribution in [2.75, 3.05) is 6.61 Å². The van der Waals surface area contributed by atoms with Crippen molar-refractivity contribution < 1.29 is 24.2 Å². The average molecular weight is 599 g/mol. The number of thioether (sulfide) groups is 1. The summed E-state index contributed by atoms with van der Waals surface area (Å²) in [5, 5.41) is 11.9. The molecule has 1 N–H and O–H groups in total. The van der Waals surface area contributed by atoms with Gasteiger partial charge in [-0.05, 0) is 65.2 Å². The van der Waals surface area contributed by atoms with Crippen molar-refractivity contribution >= 4 is 73.9 Å². The summed E-state index contributed by atoms with van der Waals surface area (Å²) in [4.78, 5) is 28.9. The second-order valence-corrected chi connectivity index (χ2v) is 10.1. The number of carbonyl (C=O) groups excluding carboxylic acids is 2. The summed E-state index contributed by atoms with van der Waals surface area (Å²) in [6, 6.07) is 10.6. The lowest BCUT2D eigenvalue weighted by Gasteiger charge is -2.10. The summed E-state index contributed by atoms with van der Waals surface area (Å²) in [5.74, 6) is -0.771. The molecule has 35 heavy (non-hydrogen) atoms. The maximum Gasteiger partial charge on any atom is 0.344 e. The zero-order valence-electron chi connectivity index (χ0n) is 18.9. The molecule has 0 saturated heterocycles. The van der Waals surface area contributed by atoms with Crippen LogP contribution in [0, 0.1) is 0 Å². The molecule has 184 valence electrons. The van der Waals surface area contributed by atoms with E-state index >= 15 is 0 Å². The Bertz CT molecular complexity index is 1240. The van der Waals surface area contributed by atoms with E-state index in [0.717, 1.165) is 22.9 Å². The van der Waals surface area contributed by atoms with Gasteiger partial charge in [-0.3, -0.25) is 4.79 Å². The number of hydrogen-bond acceptors (Lipinski definition) is 6. The summed E-state index contributed by atoms with van der Waals surface area (Å²) in [5.41, 5.74) is 1.42. The van der Waals surface area contributed by atoms with E-state index in [0.29, 0.717) is 31.6 Å². The molecular weight excluding hydrogens is 577 g/mol. The normalized spacial score (nSPS) is 15.7. The number of aliphatic hydroxyl groups is 1. The fourth-order valence-corrected chi connectivity index (χ4v) is 5.05. The predicted octanol–water partition coefficient (Wildman–Crippen LogP) is 7.52. The first kappa shape index (κ1) is 27.3. The maximum absolute atomic E-state index is 12.4. The molecule has 0 radical (unpaired) electrons. The summed E-state index contributed by atoms with van der Waals surface area (Å²) in [6.45, 7) is 3.91. The summed E-state index contributed by atoms with van der Waals surface area (Å²) in [6.07, 6.45) is 2.56. The van der Waals surface area contributed by atoms with Gasteiger partial charge in [0.25, 0.3) is 0 Å². The molecular formula is C25H22BrCl2NO5S.